The maximum Gasteiger partial charge on any atom is 0.416 e. The van der Waals surface area contributed by atoms with Gasteiger partial charge in [-0.05, 0) is 49.7 Å². The molecule has 160 valence electrons. The molecule has 0 N–H and O–H groups in total. The van der Waals surface area contributed by atoms with Gasteiger partial charge in [0.15, 0.2) is 11.6 Å². The van der Waals surface area contributed by atoms with Gasteiger partial charge in [-0.25, -0.2) is 14.6 Å². The van der Waals surface area contributed by atoms with E-state index in [2.05, 4.69) is 15.1 Å². The molecule has 6 nitrogen and oxygen atoms in total. The lowest BCUT2D eigenvalue weighted by Crippen LogP contribution is -2.06. The van der Waals surface area contributed by atoms with Crippen LogP contribution in [0.2, 0.25) is 0 Å². The van der Waals surface area contributed by atoms with E-state index in [0.29, 0.717) is 34.1 Å². The minimum atomic E-state index is -4.43. The van der Waals surface area contributed by atoms with Crippen molar-refractivity contribution in [3.8, 4) is 34.2 Å². The first kappa shape index (κ1) is 20.6. The van der Waals surface area contributed by atoms with Crippen LogP contribution in [0.1, 0.15) is 16.8 Å². The Morgan fingerprint density at radius 2 is 1.81 bits per heavy atom. The van der Waals surface area contributed by atoms with Gasteiger partial charge in [-0.2, -0.15) is 18.3 Å². The lowest BCUT2D eigenvalue weighted by atomic mass is 10.0. The van der Waals surface area contributed by atoms with Crippen molar-refractivity contribution in [1.82, 2.24) is 24.3 Å². The Morgan fingerprint density at radius 3 is 2.45 bits per heavy atom. The molecule has 2 aromatic carbocycles. The molecule has 0 saturated heterocycles. The van der Waals surface area contributed by atoms with Crippen molar-refractivity contribution in [2.24, 2.45) is 7.05 Å². The zero-order valence-electron chi connectivity index (χ0n) is 17.4. The van der Waals surface area contributed by atoms with Gasteiger partial charge in [0.1, 0.15) is 5.75 Å². The molecule has 2 aromatic heterocycles. The third kappa shape index (κ3) is 3.90. The molecular weight excluding hydrogens is 407 g/mol. The van der Waals surface area contributed by atoms with Gasteiger partial charge < -0.3 is 9.30 Å². The molecule has 4 rings (SSSR count). The molecule has 2 heterocycles. The maximum atomic E-state index is 13.2. The molecule has 31 heavy (non-hydrogen) atoms. The van der Waals surface area contributed by atoms with E-state index in [1.807, 2.05) is 29.8 Å². The van der Waals surface area contributed by atoms with E-state index >= 15 is 0 Å². The van der Waals surface area contributed by atoms with Crippen molar-refractivity contribution >= 4 is 0 Å². The Morgan fingerprint density at radius 1 is 1.03 bits per heavy atom. The third-order valence-electron chi connectivity index (χ3n) is 5.00. The summed E-state index contributed by atoms with van der Waals surface area (Å²) in [6.45, 7) is 3.64. The number of nitrogens with zero attached hydrogens (tertiary/aromatic N) is 5. The van der Waals surface area contributed by atoms with E-state index in [1.165, 1.54) is 10.7 Å². The fraction of sp³-hybridized carbons (Fsp3) is 0.227. The minimum Gasteiger partial charge on any atom is -0.495 e. The number of ether oxygens (including phenoxy) is 1. The lowest BCUT2D eigenvalue weighted by molar-refractivity contribution is -0.137. The van der Waals surface area contributed by atoms with Crippen molar-refractivity contribution < 1.29 is 17.9 Å². The van der Waals surface area contributed by atoms with Crippen LogP contribution in [0, 0.1) is 13.8 Å². The summed E-state index contributed by atoms with van der Waals surface area (Å²) >= 11 is 0. The van der Waals surface area contributed by atoms with Crippen LogP contribution in [0.5, 0.6) is 5.75 Å². The van der Waals surface area contributed by atoms with Gasteiger partial charge in [-0.1, -0.05) is 6.07 Å². The zero-order valence-corrected chi connectivity index (χ0v) is 17.4. The predicted octanol–water partition coefficient (Wildman–Crippen LogP) is 4.98. The van der Waals surface area contributed by atoms with Crippen molar-refractivity contribution in [3.05, 3.63) is 65.7 Å². The number of methoxy groups -OCH3 is 1. The number of aryl methyl sites for hydroxylation is 3. The first-order valence-corrected chi connectivity index (χ1v) is 9.46. The highest BCUT2D eigenvalue weighted by Crippen LogP contribution is 2.34. The van der Waals surface area contributed by atoms with Gasteiger partial charge >= 0.3 is 6.18 Å². The normalized spacial score (nSPS) is 11.7. The number of halogens is 3. The van der Waals surface area contributed by atoms with E-state index < -0.39 is 11.7 Å². The smallest absolute Gasteiger partial charge is 0.416 e. The summed E-state index contributed by atoms with van der Waals surface area (Å²) in [7, 11) is 3.22. The first-order valence-electron chi connectivity index (χ1n) is 9.46. The molecule has 0 amide bonds. The molecule has 4 aromatic rings. The predicted molar refractivity (Wildman–Crippen MR) is 110 cm³/mol. The van der Waals surface area contributed by atoms with Gasteiger partial charge in [-0.15, -0.1) is 0 Å². The summed E-state index contributed by atoms with van der Waals surface area (Å²) in [5.74, 6) is 1.34. The third-order valence-corrected chi connectivity index (χ3v) is 5.00. The number of imidazole rings is 1. The largest absolute Gasteiger partial charge is 0.495 e. The molecule has 9 heteroatoms. The van der Waals surface area contributed by atoms with E-state index in [-0.39, 0.29) is 0 Å². The molecule has 0 saturated carbocycles. The number of alkyl halides is 3. The Balaban J connectivity index is 1.76. The monoisotopic (exact) mass is 427 g/mol. The number of benzene rings is 2. The molecule has 0 bridgehead atoms. The summed E-state index contributed by atoms with van der Waals surface area (Å²) in [5.41, 5.74) is 2.70. The van der Waals surface area contributed by atoms with Gasteiger partial charge in [0, 0.05) is 24.4 Å². The standard InChI is InChI=1S/C22H20F3N5O/c1-13-5-7-16(22(23,24)25)10-17(13)21-27-20(28-29(21)3)15-6-8-18(19(9-15)31-4)30-11-14(2)26-12-30/h5-12H,1-4H3. The van der Waals surface area contributed by atoms with Crippen LogP contribution >= 0.6 is 0 Å². The van der Waals surface area contributed by atoms with Crippen LogP contribution < -0.4 is 4.74 Å². The quantitative estimate of drug-likeness (QED) is 0.461. The van der Waals surface area contributed by atoms with Gasteiger partial charge in [0.05, 0.1) is 30.4 Å². The number of aromatic nitrogens is 5. The maximum absolute atomic E-state index is 13.2. The summed E-state index contributed by atoms with van der Waals surface area (Å²) in [4.78, 5) is 8.76. The van der Waals surface area contributed by atoms with Crippen molar-refractivity contribution in [3.63, 3.8) is 0 Å². The molecule has 0 aliphatic carbocycles. The summed E-state index contributed by atoms with van der Waals surface area (Å²) in [6, 6.07) is 9.11. The van der Waals surface area contributed by atoms with E-state index in [1.54, 1.807) is 33.5 Å². The van der Waals surface area contributed by atoms with E-state index in [0.717, 1.165) is 23.5 Å². The fourth-order valence-electron chi connectivity index (χ4n) is 3.36. The number of rotatable bonds is 4. The van der Waals surface area contributed by atoms with Crippen molar-refractivity contribution in [2.75, 3.05) is 7.11 Å². The zero-order chi connectivity index (χ0) is 22.3. The Labute approximate surface area is 177 Å². The van der Waals surface area contributed by atoms with Gasteiger partial charge in [0.2, 0.25) is 0 Å². The highest BCUT2D eigenvalue weighted by atomic mass is 19.4. The Hall–Kier alpha value is -3.62. The molecule has 0 fully saturated rings. The first-order chi connectivity index (χ1) is 14.7. The van der Waals surface area contributed by atoms with E-state index in [4.69, 9.17) is 4.74 Å². The van der Waals surface area contributed by atoms with Gasteiger partial charge in [-0.3, -0.25) is 0 Å². The molecule has 0 radical (unpaired) electrons. The SMILES string of the molecule is COc1cc(-c2nc(-c3cc(C(F)(F)F)ccc3C)n(C)n2)ccc1-n1cnc(C)c1. The summed E-state index contributed by atoms with van der Waals surface area (Å²) < 4.78 is 48.4. The molecule has 0 atom stereocenters. The minimum absolute atomic E-state index is 0.354. The highest BCUT2D eigenvalue weighted by molar-refractivity contribution is 5.67. The number of hydrogen-bond donors (Lipinski definition) is 0. The second kappa shape index (κ2) is 7.57. The number of hydrogen-bond acceptors (Lipinski definition) is 4. The van der Waals surface area contributed by atoms with Crippen LogP contribution in [-0.4, -0.2) is 31.4 Å². The van der Waals surface area contributed by atoms with Crippen LogP contribution in [0.4, 0.5) is 13.2 Å². The summed E-state index contributed by atoms with van der Waals surface area (Å²) in [5, 5.41) is 4.42. The molecular formula is C22H20F3N5O. The molecule has 0 unspecified atom stereocenters. The van der Waals surface area contributed by atoms with Crippen molar-refractivity contribution in [1.29, 1.82) is 0 Å². The Bertz CT molecular complexity index is 1260. The average molecular weight is 427 g/mol. The van der Waals surface area contributed by atoms with Crippen LogP contribution in [0.3, 0.4) is 0 Å². The van der Waals surface area contributed by atoms with Crippen LogP contribution in [0.15, 0.2) is 48.9 Å². The van der Waals surface area contributed by atoms with E-state index in [9.17, 15) is 13.2 Å². The molecule has 0 spiro atoms. The highest BCUT2D eigenvalue weighted by Gasteiger charge is 2.31. The second-order valence-electron chi connectivity index (χ2n) is 7.22. The second-order valence-corrected chi connectivity index (χ2v) is 7.22. The lowest BCUT2D eigenvalue weighted by Gasteiger charge is -2.10. The van der Waals surface area contributed by atoms with Crippen molar-refractivity contribution in [2.45, 2.75) is 20.0 Å². The van der Waals surface area contributed by atoms with Crippen LogP contribution in [0.25, 0.3) is 28.5 Å². The Kier molecular flexibility index (Phi) is 5.04. The average Bonchev–Trinajstić information content (AvgIpc) is 3.32. The topological polar surface area (TPSA) is 57.8 Å². The summed E-state index contributed by atoms with van der Waals surface area (Å²) in [6.07, 6.45) is -0.857. The van der Waals surface area contributed by atoms with Gasteiger partial charge in [0.25, 0.3) is 0 Å². The molecule has 0 aliphatic rings. The van der Waals surface area contributed by atoms with Crippen LogP contribution in [-0.2, 0) is 13.2 Å². The molecule has 0 aliphatic heterocycles. The fourth-order valence-corrected chi connectivity index (χ4v) is 3.36.